The first-order valence-corrected chi connectivity index (χ1v) is 11.1. The smallest absolute Gasteiger partial charge is 0.308 e. The standard InChI is InChI=1S/C22H27N3O4.CH2O2/c1-29-20(27)14-8-11-24(12-9-14)19(26)17-13-15-5-4-10-25(15)22(17)16-6-2-3-7-18(16)23-21(22)28;2-1-3/h2-3,6-7,14-15,17H,4-5,8-13H2,1H3,(H,23,28);1H,(H,2,3)/t15-,17+,22+;/m1./s1. The Morgan fingerprint density at radius 1 is 1.19 bits per heavy atom. The first-order chi connectivity index (χ1) is 15.5. The van der Waals surface area contributed by atoms with Crippen molar-refractivity contribution in [3.63, 3.8) is 0 Å². The van der Waals surface area contributed by atoms with Gasteiger partial charge in [-0.25, -0.2) is 0 Å². The fourth-order valence-corrected chi connectivity index (χ4v) is 6.09. The molecule has 3 atom stereocenters. The van der Waals surface area contributed by atoms with E-state index in [1.54, 1.807) is 0 Å². The molecule has 4 aliphatic heterocycles. The number of likely N-dealkylation sites (tertiary alicyclic amines) is 1. The minimum Gasteiger partial charge on any atom is -0.483 e. The summed E-state index contributed by atoms with van der Waals surface area (Å²) in [5.74, 6) is -0.731. The third-order valence-corrected chi connectivity index (χ3v) is 7.41. The predicted octanol–water partition coefficient (Wildman–Crippen LogP) is 1.43. The Bertz CT molecular complexity index is 913. The van der Waals surface area contributed by atoms with Gasteiger partial charge in [-0.2, -0.15) is 0 Å². The monoisotopic (exact) mass is 443 g/mol. The van der Waals surface area contributed by atoms with Gasteiger partial charge in [0.25, 0.3) is 6.47 Å². The van der Waals surface area contributed by atoms with E-state index in [0.717, 1.165) is 37.1 Å². The fraction of sp³-hybridized carbons (Fsp3) is 0.565. The molecule has 0 unspecified atom stereocenters. The zero-order chi connectivity index (χ0) is 22.9. The molecular formula is C23H29N3O6. The average Bonchev–Trinajstić information content (AvgIpc) is 3.47. The molecule has 3 fully saturated rings. The number of methoxy groups -OCH3 is 1. The number of carboxylic acid groups (broad SMARTS) is 1. The molecule has 2 N–H and O–H groups in total. The van der Waals surface area contributed by atoms with Crippen molar-refractivity contribution < 1.29 is 29.0 Å². The highest BCUT2D eigenvalue weighted by atomic mass is 16.5. The molecule has 1 aromatic rings. The van der Waals surface area contributed by atoms with E-state index in [-0.39, 0.29) is 42.1 Å². The molecule has 0 bridgehead atoms. The molecular weight excluding hydrogens is 414 g/mol. The van der Waals surface area contributed by atoms with Crippen LogP contribution in [0.1, 0.15) is 37.7 Å². The van der Waals surface area contributed by atoms with Crippen LogP contribution < -0.4 is 5.32 Å². The molecule has 172 valence electrons. The number of anilines is 1. The van der Waals surface area contributed by atoms with Crippen molar-refractivity contribution in [3.8, 4) is 0 Å². The second-order valence-electron chi connectivity index (χ2n) is 8.77. The normalized spacial score (nSPS) is 29.0. The third kappa shape index (κ3) is 3.35. The summed E-state index contributed by atoms with van der Waals surface area (Å²) in [5, 5.41) is 9.94. The average molecular weight is 444 g/mol. The lowest BCUT2D eigenvalue weighted by Gasteiger charge is -2.39. The van der Waals surface area contributed by atoms with Crippen LogP contribution in [0, 0.1) is 11.8 Å². The molecule has 0 aromatic heterocycles. The second kappa shape index (κ2) is 8.90. The molecule has 0 saturated carbocycles. The molecule has 4 aliphatic rings. The van der Waals surface area contributed by atoms with Crippen molar-refractivity contribution in [2.45, 2.75) is 43.7 Å². The van der Waals surface area contributed by atoms with Crippen LogP contribution in [-0.4, -0.2) is 71.9 Å². The Kier molecular flexibility index (Phi) is 6.19. The lowest BCUT2D eigenvalue weighted by Crippen LogP contribution is -2.55. The Morgan fingerprint density at radius 3 is 2.56 bits per heavy atom. The van der Waals surface area contributed by atoms with Gasteiger partial charge >= 0.3 is 5.97 Å². The van der Waals surface area contributed by atoms with E-state index < -0.39 is 5.54 Å². The quantitative estimate of drug-likeness (QED) is 0.525. The number of rotatable bonds is 2. The van der Waals surface area contributed by atoms with Gasteiger partial charge in [0.05, 0.1) is 18.9 Å². The number of piperidine rings is 1. The number of nitrogens with one attached hydrogen (secondary N) is 1. The molecule has 2 amide bonds. The maximum Gasteiger partial charge on any atom is 0.308 e. The number of fused-ring (bicyclic) bond motifs is 4. The van der Waals surface area contributed by atoms with Gasteiger partial charge in [0.2, 0.25) is 11.8 Å². The first kappa shape index (κ1) is 22.3. The molecule has 9 heteroatoms. The van der Waals surface area contributed by atoms with E-state index in [1.807, 2.05) is 29.2 Å². The highest BCUT2D eigenvalue weighted by Gasteiger charge is 2.65. The second-order valence-corrected chi connectivity index (χ2v) is 8.77. The largest absolute Gasteiger partial charge is 0.483 e. The maximum absolute atomic E-state index is 13.7. The van der Waals surface area contributed by atoms with Crippen LogP contribution in [0.3, 0.4) is 0 Å². The van der Waals surface area contributed by atoms with E-state index in [4.69, 9.17) is 14.6 Å². The minimum atomic E-state index is -0.895. The SMILES string of the molecule is COC(=O)C1CCN(C(=O)[C@@H]2C[C@H]3CCCN3[C@]23C(=O)Nc2ccccc23)CC1.O=CO. The third-order valence-electron chi connectivity index (χ3n) is 7.41. The number of ether oxygens (including phenoxy) is 1. The van der Waals surface area contributed by atoms with Crippen molar-refractivity contribution in [1.82, 2.24) is 9.80 Å². The topological polar surface area (TPSA) is 116 Å². The summed E-state index contributed by atoms with van der Waals surface area (Å²) >= 11 is 0. The minimum absolute atomic E-state index is 0.0505. The fourth-order valence-electron chi connectivity index (χ4n) is 6.09. The van der Waals surface area contributed by atoms with Gasteiger partial charge in [-0.05, 0) is 44.7 Å². The number of nitrogens with zero attached hydrogens (tertiary/aromatic N) is 2. The van der Waals surface area contributed by atoms with Gasteiger partial charge in [0.1, 0.15) is 5.54 Å². The lowest BCUT2D eigenvalue weighted by molar-refractivity contribution is -0.151. The summed E-state index contributed by atoms with van der Waals surface area (Å²) in [5.41, 5.74) is 0.873. The number of hydrogen-bond acceptors (Lipinski definition) is 6. The van der Waals surface area contributed by atoms with Crippen LogP contribution in [0.2, 0.25) is 0 Å². The van der Waals surface area contributed by atoms with Gasteiger partial charge in [0, 0.05) is 30.4 Å². The van der Waals surface area contributed by atoms with Crippen LogP contribution in [0.25, 0.3) is 0 Å². The first-order valence-electron chi connectivity index (χ1n) is 11.1. The summed E-state index contributed by atoms with van der Waals surface area (Å²) in [7, 11) is 1.41. The summed E-state index contributed by atoms with van der Waals surface area (Å²) < 4.78 is 4.86. The van der Waals surface area contributed by atoms with E-state index in [0.29, 0.717) is 25.9 Å². The zero-order valence-electron chi connectivity index (χ0n) is 18.2. The van der Waals surface area contributed by atoms with Crippen molar-refractivity contribution >= 4 is 29.9 Å². The predicted molar refractivity (Wildman–Crippen MR) is 115 cm³/mol. The molecule has 9 nitrogen and oxygen atoms in total. The molecule has 0 aliphatic carbocycles. The van der Waals surface area contributed by atoms with Crippen LogP contribution in [0.5, 0.6) is 0 Å². The summed E-state index contributed by atoms with van der Waals surface area (Å²) in [4.78, 5) is 51.4. The van der Waals surface area contributed by atoms with Gasteiger partial charge < -0.3 is 20.1 Å². The van der Waals surface area contributed by atoms with E-state index >= 15 is 0 Å². The summed E-state index contributed by atoms with van der Waals surface area (Å²) in [6, 6.07) is 8.07. The summed E-state index contributed by atoms with van der Waals surface area (Å²) in [6.07, 6.45) is 4.05. The van der Waals surface area contributed by atoms with Crippen LogP contribution >= 0.6 is 0 Å². The Hall–Kier alpha value is -2.94. The van der Waals surface area contributed by atoms with Crippen molar-refractivity contribution in [2.24, 2.45) is 11.8 Å². The van der Waals surface area contributed by atoms with Crippen LogP contribution in [-0.2, 0) is 29.5 Å². The van der Waals surface area contributed by atoms with Gasteiger partial charge in [-0.15, -0.1) is 0 Å². The number of para-hydroxylation sites is 1. The number of carbonyl (C=O) groups is 4. The molecule has 1 spiro atoms. The lowest BCUT2D eigenvalue weighted by atomic mass is 9.77. The molecule has 5 rings (SSSR count). The Balaban J connectivity index is 0.000000775. The van der Waals surface area contributed by atoms with Crippen LogP contribution in [0.4, 0.5) is 5.69 Å². The molecule has 1 aromatic carbocycles. The number of carbonyl (C=O) groups excluding carboxylic acids is 3. The van der Waals surface area contributed by atoms with E-state index in [9.17, 15) is 14.4 Å². The highest BCUT2D eigenvalue weighted by molar-refractivity contribution is 6.09. The van der Waals surface area contributed by atoms with E-state index in [2.05, 4.69) is 10.2 Å². The van der Waals surface area contributed by atoms with Gasteiger partial charge in [-0.3, -0.25) is 24.1 Å². The van der Waals surface area contributed by atoms with Crippen molar-refractivity contribution in [1.29, 1.82) is 0 Å². The molecule has 0 radical (unpaired) electrons. The molecule has 3 saturated heterocycles. The molecule has 4 heterocycles. The van der Waals surface area contributed by atoms with Gasteiger partial charge in [-0.1, -0.05) is 18.2 Å². The highest BCUT2D eigenvalue weighted by Crippen LogP contribution is 2.55. The van der Waals surface area contributed by atoms with Gasteiger partial charge in [0.15, 0.2) is 0 Å². The van der Waals surface area contributed by atoms with E-state index in [1.165, 1.54) is 7.11 Å². The van der Waals surface area contributed by atoms with Crippen LogP contribution in [0.15, 0.2) is 24.3 Å². The summed E-state index contributed by atoms with van der Waals surface area (Å²) in [6.45, 7) is 1.68. The molecule has 32 heavy (non-hydrogen) atoms. The number of benzene rings is 1. The van der Waals surface area contributed by atoms with Crippen molar-refractivity contribution in [2.75, 3.05) is 32.1 Å². The number of hydrogen-bond donors (Lipinski definition) is 2. The Morgan fingerprint density at radius 2 is 1.88 bits per heavy atom. The number of esters is 1. The Labute approximate surface area is 186 Å². The zero-order valence-corrected chi connectivity index (χ0v) is 18.2. The van der Waals surface area contributed by atoms with Crippen molar-refractivity contribution in [3.05, 3.63) is 29.8 Å². The maximum atomic E-state index is 13.7. The number of amides is 2.